The van der Waals surface area contributed by atoms with Crippen molar-refractivity contribution in [3.05, 3.63) is 21.6 Å². The molecule has 0 fully saturated rings. The SMILES string of the molecule is C[CH2][Hf+2][C]1=CC=CC1.[Cl-].[Cl-]. The normalized spacial score (nSPS) is 12.7. The van der Waals surface area contributed by atoms with Gasteiger partial charge in [-0.15, -0.1) is 0 Å². The van der Waals surface area contributed by atoms with Gasteiger partial charge in [0.2, 0.25) is 0 Å². The van der Waals surface area contributed by atoms with Crippen molar-refractivity contribution < 1.29 is 47.7 Å². The molecule has 0 atom stereocenters. The first-order chi connectivity index (χ1) is 3.93. The van der Waals surface area contributed by atoms with Gasteiger partial charge in [-0.1, -0.05) is 0 Å². The Balaban J connectivity index is 0. The van der Waals surface area contributed by atoms with E-state index in [4.69, 9.17) is 0 Å². The predicted molar refractivity (Wildman–Crippen MR) is 32.3 cm³/mol. The van der Waals surface area contributed by atoms with Crippen LogP contribution in [0.15, 0.2) is 21.6 Å². The van der Waals surface area contributed by atoms with Gasteiger partial charge in [-0.2, -0.15) is 0 Å². The fourth-order valence-electron chi connectivity index (χ4n) is 0.805. The molecule has 10 heavy (non-hydrogen) atoms. The zero-order valence-corrected chi connectivity index (χ0v) is 11.0. The van der Waals surface area contributed by atoms with E-state index in [1.165, 1.54) is 10.6 Å². The van der Waals surface area contributed by atoms with Crippen molar-refractivity contribution in [2.24, 2.45) is 0 Å². The molecule has 1 aliphatic carbocycles. The van der Waals surface area contributed by atoms with Crippen LogP contribution in [0.2, 0.25) is 4.18 Å². The summed E-state index contributed by atoms with van der Waals surface area (Å²) in [5.41, 5.74) is 0. The summed E-state index contributed by atoms with van der Waals surface area (Å²) in [5.74, 6) is 0. The molecular formula is C7H10Cl2Hf. The van der Waals surface area contributed by atoms with Crippen molar-refractivity contribution in [1.29, 1.82) is 0 Å². The molecule has 0 saturated heterocycles. The van der Waals surface area contributed by atoms with E-state index in [0.29, 0.717) is 0 Å². The Bertz CT molecular complexity index is 130. The van der Waals surface area contributed by atoms with Crippen LogP contribution in [0, 0.1) is 0 Å². The van der Waals surface area contributed by atoms with Crippen LogP contribution >= 0.6 is 0 Å². The molecular weight excluding hydrogens is 333 g/mol. The summed E-state index contributed by atoms with van der Waals surface area (Å²) in [4.78, 5) is 0. The third kappa shape index (κ3) is 4.70. The molecule has 56 valence electrons. The fraction of sp³-hybridized carbons (Fsp3) is 0.429. The smallest absolute Gasteiger partial charge is 1.00 e. The number of allylic oxidation sites excluding steroid dienone is 4. The fourth-order valence-corrected chi connectivity index (χ4v) is 4.15. The summed E-state index contributed by atoms with van der Waals surface area (Å²) in [6, 6.07) is 0. The second-order valence-corrected chi connectivity index (χ2v) is 7.97. The second-order valence-electron chi connectivity index (χ2n) is 1.85. The number of hydrogen-bond acceptors (Lipinski definition) is 0. The first-order valence-electron chi connectivity index (χ1n) is 3.03. The Kier molecular flexibility index (Phi) is 10.9. The van der Waals surface area contributed by atoms with E-state index in [0.717, 1.165) is 0 Å². The zero-order valence-electron chi connectivity index (χ0n) is 5.90. The Labute approximate surface area is 86.3 Å². The van der Waals surface area contributed by atoms with Gasteiger partial charge in [0.05, 0.1) is 0 Å². The van der Waals surface area contributed by atoms with Crippen molar-refractivity contribution in [2.75, 3.05) is 0 Å². The molecule has 0 bridgehead atoms. The molecule has 1 rings (SSSR count). The van der Waals surface area contributed by atoms with Crippen molar-refractivity contribution in [2.45, 2.75) is 17.5 Å². The van der Waals surface area contributed by atoms with E-state index in [-0.39, 0.29) is 47.7 Å². The molecule has 0 spiro atoms. The van der Waals surface area contributed by atoms with E-state index >= 15 is 0 Å². The Hall–Kier alpha value is 0.930. The average Bonchev–Trinajstić information content (AvgIpc) is 2.19. The van der Waals surface area contributed by atoms with Gasteiger partial charge in [0.15, 0.2) is 0 Å². The minimum absolute atomic E-state index is 0. The molecule has 0 aromatic rings. The van der Waals surface area contributed by atoms with Crippen LogP contribution in [0.5, 0.6) is 0 Å². The van der Waals surface area contributed by atoms with Gasteiger partial charge in [-0.25, -0.2) is 0 Å². The van der Waals surface area contributed by atoms with E-state index in [2.05, 4.69) is 25.2 Å². The average molecular weight is 344 g/mol. The monoisotopic (exact) mass is 344 g/mol. The van der Waals surface area contributed by atoms with Crippen LogP contribution in [0.25, 0.3) is 0 Å². The Morgan fingerprint density at radius 1 is 1.50 bits per heavy atom. The Morgan fingerprint density at radius 2 is 2.20 bits per heavy atom. The third-order valence-corrected chi connectivity index (χ3v) is 5.41. The molecule has 0 unspecified atom stereocenters. The number of hydrogen-bond donors (Lipinski definition) is 0. The summed E-state index contributed by atoms with van der Waals surface area (Å²) in [5, 5.41) is 0. The van der Waals surface area contributed by atoms with Gasteiger partial charge in [0.1, 0.15) is 0 Å². The quantitative estimate of drug-likeness (QED) is 0.454. The summed E-state index contributed by atoms with van der Waals surface area (Å²) < 4.78 is 3.26. The maximum Gasteiger partial charge on any atom is -1.00 e. The molecule has 0 aliphatic heterocycles. The van der Waals surface area contributed by atoms with Crippen molar-refractivity contribution >= 4 is 0 Å². The predicted octanol–water partition coefficient (Wildman–Crippen LogP) is -3.64. The van der Waals surface area contributed by atoms with Gasteiger partial charge in [-0.05, 0) is 0 Å². The van der Waals surface area contributed by atoms with Crippen LogP contribution in [-0.4, -0.2) is 0 Å². The molecule has 0 radical (unpaired) electrons. The van der Waals surface area contributed by atoms with Crippen LogP contribution in [0.4, 0.5) is 0 Å². The zero-order chi connectivity index (χ0) is 5.82. The van der Waals surface area contributed by atoms with Gasteiger partial charge in [-0.3, -0.25) is 0 Å². The summed E-state index contributed by atoms with van der Waals surface area (Å²) in [6.45, 7) is 2.31. The molecule has 0 nitrogen and oxygen atoms in total. The second kappa shape index (κ2) is 8.03. The summed E-state index contributed by atoms with van der Waals surface area (Å²) >= 11 is -0.238. The molecule has 1 aliphatic rings. The standard InChI is InChI=1S/C5H5.C2H5.2ClH.Hf/c1-2-4-5-3-1;1-2;;;/h1-3H,4H2;1H2,2H3;2*1H;/q;;;;+2/p-2. The molecule has 0 saturated carbocycles. The van der Waals surface area contributed by atoms with Crippen molar-refractivity contribution in [1.82, 2.24) is 0 Å². The molecule has 3 heteroatoms. The van der Waals surface area contributed by atoms with E-state index in [1.807, 2.05) is 0 Å². The van der Waals surface area contributed by atoms with Gasteiger partial charge in [0, 0.05) is 0 Å². The molecule has 0 N–H and O–H groups in total. The molecule has 0 heterocycles. The summed E-state index contributed by atoms with van der Waals surface area (Å²) in [7, 11) is 0. The van der Waals surface area contributed by atoms with Gasteiger partial charge >= 0.3 is 62.0 Å². The maximum atomic E-state index is 2.31. The Morgan fingerprint density at radius 3 is 2.60 bits per heavy atom. The molecule has 0 aromatic carbocycles. The van der Waals surface area contributed by atoms with Crippen LogP contribution < -0.4 is 24.8 Å². The van der Waals surface area contributed by atoms with Crippen LogP contribution in [-0.2, 0) is 22.9 Å². The first kappa shape index (κ1) is 13.5. The largest absolute Gasteiger partial charge is 1.00 e. The topological polar surface area (TPSA) is 0 Å². The van der Waals surface area contributed by atoms with E-state index in [9.17, 15) is 0 Å². The van der Waals surface area contributed by atoms with Gasteiger partial charge < -0.3 is 24.8 Å². The molecule has 0 amide bonds. The number of halogens is 2. The minimum Gasteiger partial charge on any atom is -1.00 e. The van der Waals surface area contributed by atoms with Crippen molar-refractivity contribution in [3.8, 4) is 0 Å². The maximum absolute atomic E-state index is 2.31. The van der Waals surface area contributed by atoms with Crippen LogP contribution in [0.3, 0.4) is 0 Å². The van der Waals surface area contributed by atoms with E-state index in [1.54, 1.807) is 3.33 Å². The van der Waals surface area contributed by atoms with E-state index < -0.39 is 0 Å². The number of rotatable bonds is 2. The molecule has 0 aromatic heterocycles. The third-order valence-electron chi connectivity index (χ3n) is 1.18. The first-order valence-corrected chi connectivity index (χ1v) is 7.36. The van der Waals surface area contributed by atoms with Gasteiger partial charge in [0.25, 0.3) is 0 Å². The minimum atomic E-state index is -0.238. The van der Waals surface area contributed by atoms with Crippen LogP contribution in [0.1, 0.15) is 13.3 Å². The van der Waals surface area contributed by atoms with Crippen molar-refractivity contribution in [3.63, 3.8) is 0 Å². The summed E-state index contributed by atoms with van der Waals surface area (Å²) in [6.07, 6.45) is 8.06.